The SMILES string of the molecule is CN=C(NCc1ccc(OC)c(F)c1)NCc1nc(C(F)(F)F)cs1. The van der Waals surface area contributed by atoms with Crippen molar-refractivity contribution in [1.82, 2.24) is 15.6 Å². The van der Waals surface area contributed by atoms with Crippen LogP contribution < -0.4 is 15.4 Å². The van der Waals surface area contributed by atoms with Crippen molar-refractivity contribution in [3.63, 3.8) is 0 Å². The van der Waals surface area contributed by atoms with Crippen LogP contribution in [0.25, 0.3) is 0 Å². The number of aromatic nitrogens is 1. The summed E-state index contributed by atoms with van der Waals surface area (Å²) in [5, 5.41) is 7.05. The molecule has 1 aromatic carbocycles. The van der Waals surface area contributed by atoms with E-state index in [2.05, 4.69) is 20.6 Å². The van der Waals surface area contributed by atoms with E-state index in [9.17, 15) is 17.6 Å². The van der Waals surface area contributed by atoms with Crippen molar-refractivity contribution in [3.8, 4) is 5.75 Å². The molecule has 5 nitrogen and oxygen atoms in total. The zero-order valence-electron chi connectivity index (χ0n) is 13.4. The molecule has 0 spiro atoms. The summed E-state index contributed by atoms with van der Waals surface area (Å²) in [6.07, 6.45) is -4.45. The van der Waals surface area contributed by atoms with Gasteiger partial charge in [-0.05, 0) is 17.7 Å². The lowest BCUT2D eigenvalue weighted by Crippen LogP contribution is -2.36. The Morgan fingerprint density at radius 3 is 2.56 bits per heavy atom. The van der Waals surface area contributed by atoms with Crippen LogP contribution in [0.4, 0.5) is 17.6 Å². The molecule has 1 heterocycles. The van der Waals surface area contributed by atoms with E-state index in [0.717, 1.165) is 16.7 Å². The summed E-state index contributed by atoms with van der Waals surface area (Å²) in [5.41, 5.74) is -0.249. The van der Waals surface area contributed by atoms with Gasteiger partial charge >= 0.3 is 6.18 Å². The second-order valence-electron chi connectivity index (χ2n) is 4.87. The lowest BCUT2D eigenvalue weighted by molar-refractivity contribution is -0.140. The minimum atomic E-state index is -4.45. The maximum Gasteiger partial charge on any atom is 0.434 e. The number of benzene rings is 1. The Hall–Kier alpha value is -2.36. The molecule has 25 heavy (non-hydrogen) atoms. The van der Waals surface area contributed by atoms with Crippen LogP contribution in [0, 0.1) is 5.82 Å². The van der Waals surface area contributed by atoms with Crippen LogP contribution in [0.5, 0.6) is 5.75 Å². The number of halogens is 4. The molecule has 2 aromatic rings. The largest absolute Gasteiger partial charge is 0.494 e. The first-order valence-electron chi connectivity index (χ1n) is 7.12. The molecule has 0 fully saturated rings. The van der Waals surface area contributed by atoms with Crippen molar-refractivity contribution in [3.05, 3.63) is 45.7 Å². The third-order valence-electron chi connectivity index (χ3n) is 3.15. The van der Waals surface area contributed by atoms with Gasteiger partial charge in [-0.15, -0.1) is 11.3 Å². The Labute approximate surface area is 145 Å². The first-order valence-corrected chi connectivity index (χ1v) is 8.00. The molecule has 0 amide bonds. The summed E-state index contributed by atoms with van der Waals surface area (Å²) >= 11 is 0.910. The molecular weight excluding hydrogens is 360 g/mol. The van der Waals surface area contributed by atoms with Gasteiger partial charge in [-0.25, -0.2) is 9.37 Å². The molecule has 0 bridgehead atoms. The molecule has 0 atom stereocenters. The van der Waals surface area contributed by atoms with Gasteiger partial charge in [-0.1, -0.05) is 6.07 Å². The fourth-order valence-corrected chi connectivity index (χ4v) is 2.65. The normalized spacial score (nSPS) is 12.2. The molecular formula is C15H16F4N4OS. The van der Waals surface area contributed by atoms with E-state index in [1.54, 1.807) is 6.07 Å². The number of nitrogens with zero attached hydrogens (tertiary/aromatic N) is 2. The third-order valence-corrected chi connectivity index (χ3v) is 4.00. The van der Waals surface area contributed by atoms with Gasteiger partial charge in [0.25, 0.3) is 0 Å². The van der Waals surface area contributed by atoms with E-state index in [4.69, 9.17) is 4.74 Å². The molecule has 0 saturated heterocycles. The van der Waals surface area contributed by atoms with E-state index < -0.39 is 17.7 Å². The summed E-state index contributed by atoms with van der Waals surface area (Å²) in [6, 6.07) is 4.53. The number of thiazole rings is 1. The number of methoxy groups -OCH3 is 1. The molecule has 2 rings (SSSR count). The summed E-state index contributed by atoms with van der Waals surface area (Å²) in [4.78, 5) is 7.48. The lowest BCUT2D eigenvalue weighted by Gasteiger charge is -2.11. The van der Waals surface area contributed by atoms with Crippen LogP contribution in [-0.4, -0.2) is 25.1 Å². The predicted molar refractivity (Wildman–Crippen MR) is 87.1 cm³/mol. The Morgan fingerprint density at radius 2 is 2.00 bits per heavy atom. The fourth-order valence-electron chi connectivity index (χ4n) is 1.91. The molecule has 136 valence electrons. The highest BCUT2D eigenvalue weighted by Gasteiger charge is 2.33. The molecule has 1 aromatic heterocycles. The summed E-state index contributed by atoms with van der Waals surface area (Å²) in [7, 11) is 2.90. The van der Waals surface area contributed by atoms with Crippen molar-refractivity contribution < 1.29 is 22.3 Å². The zero-order valence-corrected chi connectivity index (χ0v) is 14.3. The number of ether oxygens (including phenoxy) is 1. The van der Waals surface area contributed by atoms with E-state index in [0.29, 0.717) is 11.5 Å². The second-order valence-corrected chi connectivity index (χ2v) is 5.82. The van der Waals surface area contributed by atoms with Gasteiger partial charge in [-0.2, -0.15) is 13.2 Å². The van der Waals surface area contributed by atoms with Gasteiger partial charge in [0.15, 0.2) is 23.2 Å². The summed E-state index contributed by atoms with van der Waals surface area (Å²) in [6.45, 7) is 0.379. The highest BCUT2D eigenvalue weighted by Crippen LogP contribution is 2.29. The second kappa shape index (κ2) is 8.15. The van der Waals surface area contributed by atoms with Crippen LogP contribution in [0.15, 0.2) is 28.6 Å². The Morgan fingerprint density at radius 1 is 1.28 bits per heavy atom. The van der Waals surface area contributed by atoms with Gasteiger partial charge in [0, 0.05) is 19.0 Å². The molecule has 0 aliphatic carbocycles. The number of hydrogen-bond donors (Lipinski definition) is 2. The van der Waals surface area contributed by atoms with Crippen molar-refractivity contribution in [2.75, 3.05) is 14.2 Å². The molecule has 0 aliphatic heterocycles. The van der Waals surface area contributed by atoms with Crippen LogP contribution in [0.3, 0.4) is 0 Å². The van der Waals surface area contributed by atoms with Gasteiger partial charge in [0.2, 0.25) is 0 Å². The number of nitrogens with one attached hydrogen (secondary N) is 2. The quantitative estimate of drug-likeness (QED) is 0.478. The first-order chi connectivity index (χ1) is 11.8. The van der Waals surface area contributed by atoms with Crippen LogP contribution in [-0.2, 0) is 19.3 Å². The molecule has 0 radical (unpaired) electrons. The first kappa shape index (κ1) is 19.0. The maximum atomic E-state index is 13.6. The summed E-state index contributed by atoms with van der Waals surface area (Å²) < 4.78 is 56.0. The van der Waals surface area contributed by atoms with E-state index >= 15 is 0 Å². The van der Waals surface area contributed by atoms with Gasteiger partial charge < -0.3 is 15.4 Å². The Balaban J connectivity index is 1.89. The Bertz CT molecular complexity index is 745. The number of rotatable bonds is 5. The molecule has 2 N–H and O–H groups in total. The van der Waals surface area contributed by atoms with Crippen molar-refractivity contribution in [2.24, 2.45) is 4.99 Å². The van der Waals surface area contributed by atoms with Gasteiger partial charge in [0.05, 0.1) is 13.7 Å². The van der Waals surface area contributed by atoms with Crippen LogP contribution >= 0.6 is 11.3 Å². The van der Waals surface area contributed by atoms with Crippen molar-refractivity contribution in [2.45, 2.75) is 19.3 Å². The predicted octanol–water partition coefficient (Wildman–Crippen LogP) is 3.17. The molecule has 0 unspecified atom stereocenters. The van der Waals surface area contributed by atoms with Crippen molar-refractivity contribution in [1.29, 1.82) is 0 Å². The van der Waals surface area contributed by atoms with Crippen LogP contribution in [0.2, 0.25) is 0 Å². The Kier molecular flexibility index (Phi) is 6.18. The highest BCUT2D eigenvalue weighted by atomic mass is 32.1. The third kappa shape index (κ3) is 5.31. The zero-order chi connectivity index (χ0) is 18.4. The molecule has 0 saturated carbocycles. The molecule has 10 heteroatoms. The maximum absolute atomic E-state index is 13.6. The monoisotopic (exact) mass is 376 g/mol. The smallest absolute Gasteiger partial charge is 0.434 e. The number of aliphatic imine (C=N–C) groups is 1. The lowest BCUT2D eigenvalue weighted by atomic mass is 10.2. The van der Waals surface area contributed by atoms with Crippen LogP contribution in [0.1, 0.15) is 16.3 Å². The van der Waals surface area contributed by atoms with E-state index in [1.807, 2.05) is 0 Å². The topological polar surface area (TPSA) is 58.5 Å². The number of alkyl halides is 3. The molecule has 0 aliphatic rings. The summed E-state index contributed by atoms with van der Waals surface area (Å²) in [5.74, 6) is 0.0303. The average molecular weight is 376 g/mol. The number of hydrogen-bond acceptors (Lipinski definition) is 4. The minimum absolute atomic E-state index is 0.0946. The fraction of sp³-hybridized carbons (Fsp3) is 0.333. The average Bonchev–Trinajstić information content (AvgIpc) is 3.04. The van der Waals surface area contributed by atoms with Gasteiger partial charge in [0.1, 0.15) is 5.01 Å². The van der Waals surface area contributed by atoms with E-state index in [-0.39, 0.29) is 23.8 Å². The minimum Gasteiger partial charge on any atom is -0.494 e. The standard InChI is InChI=1S/C15H16F4N4OS/c1-20-14(21-6-9-3-4-11(24-2)10(16)5-9)22-7-13-23-12(8-25-13)15(17,18)19/h3-5,8H,6-7H2,1-2H3,(H2,20,21,22). The number of guanidine groups is 1. The highest BCUT2D eigenvalue weighted by molar-refractivity contribution is 7.09. The van der Waals surface area contributed by atoms with E-state index in [1.165, 1.54) is 26.3 Å². The van der Waals surface area contributed by atoms with Gasteiger partial charge in [-0.3, -0.25) is 4.99 Å². The van der Waals surface area contributed by atoms with Crippen molar-refractivity contribution >= 4 is 17.3 Å².